The first-order valence-corrected chi connectivity index (χ1v) is 24.5. The first kappa shape index (κ1) is 57.5. The number of non-ortho nitro benzene ring substituents is 1. The smallest absolute Gasteiger partial charge is 0.308 e. The van der Waals surface area contributed by atoms with Gasteiger partial charge in [-0.25, -0.2) is 0 Å². The molecule has 0 saturated carbocycles. The van der Waals surface area contributed by atoms with Crippen molar-refractivity contribution >= 4 is 23.7 Å². The molecular weight excluding hydrogens is 927 g/mol. The molecule has 0 amide bonds. The van der Waals surface area contributed by atoms with Gasteiger partial charge in [-0.1, -0.05) is 55.8 Å². The maximum Gasteiger partial charge on any atom is 0.308 e. The van der Waals surface area contributed by atoms with Gasteiger partial charge in [0.2, 0.25) is 0 Å². The van der Waals surface area contributed by atoms with Gasteiger partial charge in [0.1, 0.15) is 36.8 Å². The fourth-order valence-electron chi connectivity index (χ4n) is 9.70. The minimum Gasteiger partial charge on any atom is -0.462 e. The van der Waals surface area contributed by atoms with Crippen LogP contribution in [0, 0.1) is 33.8 Å². The second-order valence-electron chi connectivity index (χ2n) is 19.3. The highest BCUT2D eigenvalue weighted by molar-refractivity contribution is 5.91. The van der Waals surface area contributed by atoms with Gasteiger partial charge in [0.15, 0.2) is 18.4 Å². The number of aromatic nitrogens is 3. The van der Waals surface area contributed by atoms with E-state index in [0.717, 1.165) is 5.56 Å². The summed E-state index contributed by atoms with van der Waals surface area (Å²) >= 11 is 0. The highest BCUT2D eigenvalue weighted by atomic mass is 16.7. The lowest BCUT2D eigenvalue weighted by Gasteiger charge is -2.47. The van der Waals surface area contributed by atoms with Crippen LogP contribution in [-0.4, -0.2) is 177 Å². The molecule has 9 unspecified atom stereocenters. The van der Waals surface area contributed by atoms with E-state index >= 15 is 0 Å². The van der Waals surface area contributed by atoms with Crippen molar-refractivity contribution in [2.45, 2.75) is 166 Å². The van der Waals surface area contributed by atoms with Gasteiger partial charge in [-0.3, -0.25) is 29.3 Å². The third-order valence-electron chi connectivity index (χ3n) is 14.1. The van der Waals surface area contributed by atoms with E-state index in [-0.39, 0.29) is 30.9 Å². The first-order valence-electron chi connectivity index (χ1n) is 24.5. The number of ketones is 1. The predicted octanol–water partition coefficient (Wildman–Crippen LogP) is 2.92. The van der Waals surface area contributed by atoms with Crippen LogP contribution in [0.3, 0.4) is 0 Å². The van der Waals surface area contributed by atoms with Gasteiger partial charge >= 0.3 is 5.97 Å². The number of aldehydes is 1. The number of carbonyl (C=O) groups is 3. The van der Waals surface area contributed by atoms with Crippen molar-refractivity contribution in [1.29, 1.82) is 0 Å². The number of aryl methyl sites for hydroxylation is 2. The second-order valence-corrected chi connectivity index (χ2v) is 19.3. The van der Waals surface area contributed by atoms with Gasteiger partial charge in [0.05, 0.1) is 60.2 Å². The summed E-state index contributed by atoms with van der Waals surface area (Å²) in [6.07, 6.45) is -3.70. The van der Waals surface area contributed by atoms with Crippen LogP contribution in [0.4, 0.5) is 5.69 Å². The molecule has 0 aliphatic carbocycles. The van der Waals surface area contributed by atoms with E-state index in [0.29, 0.717) is 49.9 Å². The zero-order chi connectivity index (χ0) is 52.1. The van der Waals surface area contributed by atoms with Gasteiger partial charge in [0.25, 0.3) is 5.69 Å². The molecule has 1 aromatic heterocycles. The Balaban J connectivity index is 1.32. The fourth-order valence-corrected chi connectivity index (χ4v) is 9.70. The Hall–Kier alpha value is -4.39. The molecule has 4 heterocycles. The molecule has 1 aromatic carbocycles. The number of hydrogen-bond acceptors (Lipinski definition) is 19. The number of rotatable bonds is 18. The average Bonchev–Trinajstić information content (AvgIpc) is 3.81. The second kappa shape index (κ2) is 27.1. The van der Waals surface area contributed by atoms with Crippen molar-refractivity contribution in [3.8, 4) is 0 Å². The van der Waals surface area contributed by atoms with E-state index in [1.165, 1.54) is 32.4 Å². The minimum atomic E-state index is -1.44. The Bertz CT molecular complexity index is 2090. The summed E-state index contributed by atoms with van der Waals surface area (Å²) in [6.45, 7) is 11.2. The molecule has 0 spiro atoms. The molecule has 17 atom stereocenters. The fraction of sp³-hybridized carbons (Fsp3) is 0.700. The summed E-state index contributed by atoms with van der Waals surface area (Å²) < 4.78 is 43.9. The predicted molar refractivity (Wildman–Crippen MR) is 255 cm³/mol. The van der Waals surface area contributed by atoms with Gasteiger partial charge in [-0.15, -0.1) is 5.10 Å². The summed E-state index contributed by atoms with van der Waals surface area (Å²) in [5.41, 5.74) is 2.25. The number of carbonyl (C=O) groups excluding carboxylic acids is 3. The summed E-state index contributed by atoms with van der Waals surface area (Å²) in [5, 5.41) is 65.4. The Morgan fingerprint density at radius 2 is 1.61 bits per heavy atom. The lowest BCUT2D eigenvalue weighted by Crippen LogP contribution is -2.64. The van der Waals surface area contributed by atoms with Gasteiger partial charge in [0, 0.05) is 76.2 Å². The minimum absolute atomic E-state index is 0.0134. The first-order chi connectivity index (χ1) is 33.8. The molecule has 2 aromatic rings. The molecule has 4 N–H and O–H groups in total. The Morgan fingerprint density at radius 1 is 0.930 bits per heavy atom. The molecule has 2 fully saturated rings. The molecule has 0 radical (unpaired) electrons. The molecular formula is C50H75N5O16. The van der Waals surface area contributed by atoms with Crippen molar-refractivity contribution < 1.29 is 72.9 Å². The molecule has 5 rings (SSSR count). The van der Waals surface area contributed by atoms with Crippen LogP contribution in [-0.2, 0) is 66.9 Å². The van der Waals surface area contributed by atoms with E-state index in [9.17, 15) is 44.9 Å². The summed E-state index contributed by atoms with van der Waals surface area (Å²) in [6, 6.07) is 5.41. The third kappa shape index (κ3) is 15.3. The van der Waals surface area contributed by atoms with Gasteiger partial charge < -0.3 is 58.4 Å². The summed E-state index contributed by atoms with van der Waals surface area (Å²) in [7, 11) is 4.66. The molecule has 21 nitrogen and oxygen atoms in total. The molecule has 71 heavy (non-hydrogen) atoms. The number of likely N-dealkylation sites (N-methyl/N-ethyl adjacent to an activating group) is 1. The molecule has 3 aliphatic rings. The quantitative estimate of drug-likeness (QED) is 0.0723. The molecule has 2 saturated heterocycles. The van der Waals surface area contributed by atoms with E-state index in [2.05, 4.69) is 10.3 Å². The van der Waals surface area contributed by atoms with E-state index in [1.807, 2.05) is 13.0 Å². The number of nitrogens with zero attached hydrogens (tertiary/aromatic N) is 5. The number of hydrogen-bond donors (Lipinski definition) is 4. The molecule has 396 valence electrons. The van der Waals surface area contributed by atoms with Crippen LogP contribution < -0.4 is 0 Å². The number of aliphatic hydroxyl groups is 4. The third-order valence-corrected chi connectivity index (χ3v) is 14.1. The normalized spacial score (nSPS) is 35.9. The zero-order valence-electron chi connectivity index (χ0n) is 42.3. The number of cyclic esters (lactones) is 1. The maximum atomic E-state index is 13.8. The maximum absolute atomic E-state index is 13.8. The van der Waals surface area contributed by atoms with Crippen molar-refractivity contribution in [3.63, 3.8) is 0 Å². The summed E-state index contributed by atoms with van der Waals surface area (Å²) in [5.74, 6) is -3.70. The van der Waals surface area contributed by atoms with E-state index in [1.54, 1.807) is 75.7 Å². The van der Waals surface area contributed by atoms with Crippen molar-refractivity contribution in [2.75, 3.05) is 34.4 Å². The lowest BCUT2D eigenvalue weighted by molar-refractivity contribution is -0.384. The number of methoxy groups -OCH3 is 2. The number of allylic oxidation sites excluding steroid dienone is 3. The molecule has 3 aliphatic heterocycles. The van der Waals surface area contributed by atoms with Crippen molar-refractivity contribution in [3.05, 3.63) is 75.6 Å². The van der Waals surface area contributed by atoms with Crippen LogP contribution >= 0.6 is 0 Å². The number of esters is 1. The van der Waals surface area contributed by atoms with E-state index < -0.39 is 121 Å². The SMILES string of the molecule is CC[C@H]1OC(=O)C[C@@H](O)[C@H](C)[C@@H](OC2OC(C)C(O)C(N(C)CCc3cn(CCc4ccc([N+](=O)[O-])cc4)nn3)C2O)[C@@H](CC=O)C[C@@H](C)C(=O)/C=C/C(C)=C/[C@@H]1COC1O[C@H](C)C(O)C(OC)C1OC. The van der Waals surface area contributed by atoms with Crippen molar-refractivity contribution in [2.24, 2.45) is 23.7 Å². The number of benzene rings is 1. The molecule has 21 heteroatoms. The largest absolute Gasteiger partial charge is 0.462 e. The monoisotopic (exact) mass is 1000 g/mol. The van der Waals surface area contributed by atoms with Crippen LogP contribution in [0.25, 0.3) is 0 Å². The number of aliphatic hydroxyl groups excluding tert-OH is 4. The Kier molecular flexibility index (Phi) is 21.9. The van der Waals surface area contributed by atoms with Crippen LogP contribution in [0.2, 0.25) is 0 Å². The number of nitro groups is 1. The van der Waals surface area contributed by atoms with Gasteiger partial charge in [-0.2, -0.15) is 0 Å². The molecule has 0 bridgehead atoms. The Morgan fingerprint density at radius 3 is 2.25 bits per heavy atom. The van der Waals surface area contributed by atoms with Crippen LogP contribution in [0.15, 0.2) is 54.3 Å². The highest BCUT2D eigenvalue weighted by Gasteiger charge is 2.48. The lowest BCUT2D eigenvalue weighted by atomic mass is 9.79. The highest BCUT2D eigenvalue weighted by Crippen LogP contribution is 2.35. The van der Waals surface area contributed by atoms with Gasteiger partial charge in [-0.05, 0) is 64.6 Å². The van der Waals surface area contributed by atoms with Crippen LogP contribution in [0.5, 0.6) is 0 Å². The topological polar surface area (TPSA) is 274 Å². The zero-order valence-corrected chi connectivity index (χ0v) is 42.3. The van der Waals surface area contributed by atoms with Crippen LogP contribution in [0.1, 0.15) is 78.5 Å². The number of nitro benzene ring substituents is 1. The van der Waals surface area contributed by atoms with E-state index in [4.69, 9.17) is 33.2 Å². The van der Waals surface area contributed by atoms with Crippen molar-refractivity contribution in [1.82, 2.24) is 19.9 Å². The Labute approximate surface area is 415 Å². The average molecular weight is 1000 g/mol. The standard InChI is InChI=1S/C50H75N5O16/c1-10-40-35(27-67-50-48(66-9)47(65-8)44(61)32(6)69-50)23-28(2)11-16-38(57)29(3)24-34(19-22-56)46(30(4)39(58)25-41(59)70-40)71-49-45(62)42(43(60)31(5)68-49)53(7)20-18-36-26-54(52-51-36)21-17-33-12-14-37(15-13-33)55(63)64/h11-16,22-23,26,29-32,34-35,39-40,42-50,58,60-62H,10,17-21,24-25,27H2,1-9H3/b16-11+,28-23+/t29-,30+,31?,32-,34+,35-,39-,40-,42?,43?,44?,45?,46-,47?,48?,49?,50?/m1/s1. The number of ether oxygens (including phenoxy) is 7. The summed E-state index contributed by atoms with van der Waals surface area (Å²) in [4.78, 5) is 52.3.